The van der Waals surface area contributed by atoms with Gasteiger partial charge in [-0.3, -0.25) is 4.48 Å². The maximum absolute atomic E-state index is 6.18. The van der Waals surface area contributed by atoms with Crippen LogP contribution >= 0.6 is 11.8 Å². The third-order valence-electron chi connectivity index (χ3n) is 5.81. The molecule has 1 fully saturated rings. The minimum atomic E-state index is 0.657. The minimum Gasteiger partial charge on any atom is -0.488 e. The number of hydrogen-bond acceptors (Lipinski definition) is 5. The fourth-order valence-electron chi connectivity index (χ4n) is 4.17. The number of likely N-dealkylation sites (tertiary alicyclic amines) is 1. The quantitative estimate of drug-likeness (QED) is 0.426. The fraction of sp³-hybridized carbons (Fsp3) is 0.500. The average Bonchev–Trinajstić information content (AvgIpc) is 3.04. The maximum Gasteiger partial charge on any atom is 0.247 e. The Morgan fingerprint density at radius 3 is 2.66 bits per heavy atom. The summed E-state index contributed by atoms with van der Waals surface area (Å²) < 4.78 is 9.20. The van der Waals surface area contributed by atoms with Gasteiger partial charge in [0.15, 0.2) is 5.16 Å². The third-order valence-corrected chi connectivity index (χ3v) is 6.73. The van der Waals surface area contributed by atoms with Gasteiger partial charge in [0, 0.05) is 19.2 Å². The van der Waals surface area contributed by atoms with Gasteiger partial charge >= 0.3 is 0 Å². The number of fused-ring (bicyclic) bond motifs is 1. The largest absolute Gasteiger partial charge is 0.488 e. The van der Waals surface area contributed by atoms with Gasteiger partial charge in [0.1, 0.15) is 18.9 Å². The molecule has 0 radical (unpaired) electrons. The van der Waals surface area contributed by atoms with Crippen LogP contribution in [0.3, 0.4) is 0 Å². The molecule has 0 amide bonds. The summed E-state index contributed by atoms with van der Waals surface area (Å²) >= 11 is 1.76. The molecule has 1 aromatic carbocycles. The molecule has 4 rings (SSSR count). The molecule has 154 valence electrons. The van der Waals surface area contributed by atoms with Crippen LogP contribution in [0.2, 0.25) is 0 Å². The maximum atomic E-state index is 6.18. The zero-order valence-electron chi connectivity index (χ0n) is 17.6. The van der Waals surface area contributed by atoms with Gasteiger partial charge < -0.3 is 9.30 Å². The molecule has 1 aliphatic rings. The number of aromatic nitrogens is 4. The summed E-state index contributed by atoms with van der Waals surface area (Å²) in [5, 5.41) is 9.88. The van der Waals surface area contributed by atoms with Crippen molar-refractivity contribution in [2.24, 2.45) is 7.05 Å². The normalized spacial score (nSPS) is 16.2. The molecule has 29 heavy (non-hydrogen) atoms. The van der Waals surface area contributed by atoms with Crippen LogP contribution in [0.4, 0.5) is 5.82 Å². The molecule has 1 saturated heterocycles. The minimum absolute atomic E-state index is 0.657. The highest BCUT2D eigenvalue weighted by Crippen LogP contribution is 2.28. The van der Waals surface area contributed by atoms with Gasteiger partial charge in [-0.1, -0.05) is 23.8 Å². The van der Waals surface area contributed by atoms with Gasteiger partial charge in [-0.2, -0.15) is 5.10 Å². The van der Waals surface area contributed by atoms with E-state index in [0.717, 1.165) is 63.3 Å². The van der Waals surface area contributed by atoms with Crippen molar-refractivity contribution in [1.82, 2.24) is 24.2 Å². The lowest BCUT2D eigenvalue weighted by atomic mass is 10.1. The van der Waals surface area contributed by atoms with Crippen LogP contribution in [-0.4, -0.2) is 51.7 Å². The predicted molar refractivity (Wildman–Crippen MR) is 120 cm³/mol. The average molecular weight is 413 g/mol. The third kappa shape index (κ3) is 4.26. The lowest BCUT2D eigenvalue weighted by Crippen LogP contribution is -2.55. The summed E-state index contributed by atoms with van der Waals surface area (Å²) in [4.78, 5) is 4.75. The molecule has 0 atom stereocenters. The van der Waals surface area contributed by atoms with Gasteiger partial charge in [-0.05, 0) is 50.1 Å². The molecule has 7 heteroatoms. The van der Waals surface area contributed by atoms with E-state index in [-0.39, 0.29) is 0 Å². The number of piperidine rings is 1. The number of benzene rings is 1. The van der Waals surface area contributed by atoms with Crippen molar-refractivity contribution in [3.05, 3.63) is 36.0 Å². The molecule has 0 aliphatic carbocycles. The van der Waals surface area contributed by atoms with Crippen LogP contribution < -0.4 is 9.22 Å². The topological polar surface area (TPSA) is 52.8 Å². The highest BCUT2D eigenvalue weighted by molar-refractivity contribution is 7.99. The summed E-state index contributed by atoms with van der Waals surface area (Å²) in [7, 11) is 2.07. The van der Waals surface area contributed by atoms with Crippen LogP contribution in [0.5, 0.6) is 5.75 Å². The highest BCUT2D eigenvalue weighted by atomic mass is 32.2. The number of nitrogens with zero attached hydrogens (tertiary/aromatic N) is 5. The van der Waals surface area contributed by atoms with E-state index in [2.05, 4.69) is 59.1 Å². The van der Waals surface area contributed by atoms with E-state index in [4.69, 9.17) is 9.72 Å². The molecule has 2 aromatic heterocycles. The Morgan fingerprint density at radius 1 is 1.10 bits per heavy atom. The van der Waals surface area contributed by atoms with E-state index in [1.54, 1.807) is 11.8 Å². The SMILES string of the molecule is CCSc1nc2cc(OCC[N+]3(c4ccc(C)nn4)CCCCC3)ccc2n1C. The standard InChI is InChI=1S/C22H30N5OS/c1-4-29-22-23-19-16-18(9-10-20(19)26(22)3)28-15-14-27(12-6-5-7-13-27)21-11-8-17(2)24-25-21/h8-11,16H,4-7,12-15H2,1-3H3/q+1. The van der Waals surface area contributed by atoms with Crippen LogP contribution in [0.15, 0.2) is 35.5 Å². The van der Waals surface area contributed by atoms with Gasteiger partial charge in [0.2, 0.25) is 5.82 Å². The Kier molecular flexibility index (Phi) is 6.06. The fourth-order valence-corrected chi connectivity index (χ4v) is 4.89. The van der Waals surface area contributed by atoms with Crippen molar-refractivity contribution >= 4 is 28.6 Å². The Bertz CT molecular complexity index is 963. The van der Waals surface area contributed by atoms with Gasteiger partial charge in [0.25, 0.3) is 0 Å². The molecule has 3 heterocycles. The molecule has 0 N–H and O–H groups in total. The van der Waals surface area contributed by atoms with Gasteiger partial charge in [-0.15, -0.1) is 0 Å². The van der Waals surface area contributed by atoms with Gasteiger partial charge in [-0.25, -0.2) is 4.98 Å². The van der Waals surface area contributed by atoms with E-state index < -0.39 is 0 Å². The van der Waals surface area contributed by atoms with Crippen molar-refractivity contribution < 1.29 is 4.74 Å². The molecule has 0 unspecified atom stereocenters. The Labute approximate surface area is 176 Å². The first-order valence-corrected chi connectivity index (χ1v) is 11.5. The number of hydrogen-bond donors (Lipinski definition) is 0. The van der Waals surface area contributed by atoms with E-state index in [0.29, 0.717) is 6.61 Å². The first-order chi connectivity index (χ1) is 14.1. The molecule has 3 aromatic rings. The van der Waals surface area contributed by atoms with Crippen LogP contribution in [0.25, 0.3) is 11.0 Å². The Hall–Kier alpha value is -2.12. The van der Waals surface area contributed by atoms with E-state index in [9.17, 15) is 0 Å². The summed E-state index contributed by atoms with van der Waals surface area (Å²) in [5.74, 6) is 2.97. The monoisotopic (exact) mass is 412 g/mol. The number of ether oxygens (including phenoxy) is 1. The van der Waals surface area contributed by atoms with Crippen molar-refractivity contribution in [3.63, 3.8) is 0 Å². The second-order valence-electron chi connectivity index (χ2n) is 7.79. The van der Waals surface area contributed by atoms with Crippen molar-refractivity contribution in [2.75, 3.05) is 32.0 Å². The van der Waals surface area contributed by atoms with E-state index in [1.807, 2.05) is 6.92 Å². The summed E-state index contributed by atoms with van der Waals surface area (Å²) in [5.41, 5.74) is 3.10. The Balaban J connectivity index is 1.48. The molecule has 6 nitrogen and oxygen atoms in total. The zero-order chi connectivity index (χ0) is 20.3. The van der Waals surface area contributed by atoms with E-state index >= 15 is 0 Å². The van der Waals surface area contributed by atoms with Crippen molar-refractivity contribution in [2.45, 2.75) is 38.3 Å². The second kappa shape index (κ2) is 8.71. The second-order valence-corrected chi connectivity index (χ2v) is 9.03. The van der Waals surface area contributed by atoms with Crippen molar-refractivity contribution in [1.29, 1.82) is 0 Å². The Morgan fingerprint density at radius 2 is 1.93 bits per heavy atom. The highest BCUT2D eigenvalue weighted by Gasteiger charge is 2.34. The molecular formula is C22H30N5OS+. The zero-order valence-corrected chi connectivity index (χ0v) is 18.4. The first kappa shape index (κ1) is 20.2. The van der Waals surface area contributed by atoms with Crippen LogP contribution in [0.1, 0.15) is 31.9 Å². The lowest BCUT2D eigenvalue weighted by molar-refractivity contribution is 0.179. The predicted octanol–water partition coefficient (Wildman–Crippen LogP) is 4.35. The van der Waals surface area contributed by atoms with Crippen molar-refractivity contribution in [3.8, 4) is 5.75 Å². The smallest absolute Gasteiger partial charge is 0.247 e. The molecule has 0 bridgehead atoms. The first-order valence-electron chi connectivity index (χ1n) is 10.5. The molecule has 0 spiro atoms. The van der Waals surface area contributed by atoms with Crippen LogP contribution in [0, 0.1) is 6.92 Å². The summed E-state index contributed by atoms with van der Waals surface area (Å²) in [6, 6.07) is 10.4. The number of aryl methyl sites for hydroxylation is 2. The lowest BCUT2D eigenvalue weighted by Gasteiger charge is -2.39. The molecular weight excluding hydrogens is 382 g/mol. The molecule has 1 aliphatic heterocycles. The number of imidazole rings is 1. The number of quaternary nitrogens is 1. The molecule has 0 saturated carbocycles. The summed E-state index contributed by atoms with van der Waals surface area (Å²) in [6.07, 6.45) is 3.76. The van der Waals surface area contributed by atoms with Crippen LogP contribution in [-0.2, 0) is 7.05 Å². The number of rotatable bonds is 7. The van der Waals surface area contributed by atoms with Gasteiger partial charge in [0.05, 0.1) is 29.8 Å². The summed E-state index contributed by atoms with van der Waals surface area (Å²) in [6.45, 7) is 7.92. The number of thioether (sulfide) groups is 1. The van der Waals surface area contributed by atoms with E-state index in [1.165, 1.54) is 19.3 Å².